The van der Waals surface area contributed by atoms with Crippen molar-refractivity contribution in [2.45, 2.75) is 58.1 Å². The second-order valence-corrected chi connectivity index (χ2v) is 5.87. The van der Waals surface area contributed by atoms with Gasteiger partial charge in [-0.1, -0.05) is 0 Å². The molecule has 1 fully saturated rings. The number of nitriles is 2. The maximum Gasteiger partial charge on any atom is 0.410 e. The molecule has 104 valence electrons. The van der Waals surface area contributed by atoms with Gasteiger partial charge >= 0.3 is 6.09 Å². The third kappa shape index (κ3) is 4.44. The zero-order valence-corrected chi connectivity index (χ0v) is 11.8. The van der Waals surface area contributed by atoms with Crippen molar-refractivity contribution in [3.8, 4) is 12.1 Å². The summed E-state index contributed by atoms with van der Waals surface area (Å²) in [5.41, 5.74) is -0.545. The molecule has 0 N–H and O–H groups in total. The molecule has 0 spiro atoms. The first-order valence-electron chi connectivity index (χ1n) is 6.62. The standard InChI is InChI=1S/C14H21N3O2/c1-14(2,3)19-13(18)17-10-4-5-11(6-8-15)12(17)7-9-16/h11-12H,4-7,10H2,1-3H3. The predicted octanol–water partition coefficient (Wildman–Crippen LogP) is 2.83. The molecule has 0 aromatic rings. The van der Waals surface area contributed by atoms with E-state index in [1.54, 1.807) is 4.90 Å². The molecule has 5 nitrogen and oxygen atoms in total. The molecule has 0 saturated carbocycles. The minimum atomic E-state index is -0.545. The lowest BCUT2D eigenvalue weighted by molar-refractivity contribution is 0.00117. The summed E-state index contributed by atoms with van der Waals surface area (Å²) < 4.78 is 5.37. The summed E-state index contributed by atoms with van der Waals surface area (Å²) in [4.78, 5) is 13.8. The van der Waals surface area contributed by atoms with Crippen molar-refractivity contribution in [3.05, 3.63) is 0 Å². The van der Waals surface area contributed by atoms with E-state index < -0.39 is 5.60 Å². The number of carbonyl (C=O) groups is 1. The van der Waals surface area contributed by atoms with Crippen LogP contribution in [0.3, 0.4) is 0 Å². The fourth-order valence-electron chi connectivity index (χ4n) is 2.41. The summed E-state index contributed by atoms with van der Waals surface area (Å²) >= 11 is 0. The van der Waals surface area contributed by atoms with Crippen LogP contribution in [-0.4, -0.2) is 29.2 Å². The topological polar surface area (TPSA) is 77.1 Å². The number of rotatable bonds is 2. The Morgan fingerprint density at radius 1 is 1.32 bits per heavy atom. The van der Waals surface area contributed by atoms with Gasteiger partial charge in [-0.2, -0.15) is 10.5 Å². The van der Waals surface area contributed by atoms with E-state index in [9.17, 15) is 4.79 Å². The van der Waals surface area contributed by atoms with Gasteiger partial charge in [0.25, 0.3) is 0 Å². The number of nitrogens with zero attached hydrogens (tertiary/aromatic N) is 3. The van der Waals surface area contributed by atoms with E-state index in [1.165, 1.54) is 0 Å². The molecule has 1 amide bonds. The highest BCUT2D eigenvalue weighted by atomic mass is 16.6. The van der Waals surface area contributed by atoms with Crippen LogP contribution in [0.5, 0.6) is 0 Å². The van der Waals surface area contributed by atoms with E-state index >= 15 is 0 Å². The van der Waals surface area contributed by atoms with Crippen molar-refractivity contribution in [1.29, 1.82) is 10.5 Å². The fraction of sp³-hybridized carbons (Fsp3) is 0.786. The SMILES string of the molecule is CC(C)(C)OC(=O)N1CCCC(CC#N)C1CC#N. The molecule has 0 aromatic heterocycles. The number of likely N-dealkylation sites (tertiary alicyclic amines) is 1. The minimum Gasteiger partial charge on any atom is -0.444 e. The number of ether oxygens (including phenoxy) is 1. The lowest BCUT2D eigenvalue weighted by Gasteiger charge is -2.40. The first kappa shape index (κ1) is 15.3. The second kappa shape index (κ2) is 6.43. The van der Waals surface area contributed by atoms with E-state index in [1.807, 2.05) is 20.8 Å². The third-order valence-corrected chi connectivity index (χ3v) is 3.20. The molecule has 0 aliphatic carbocycles. The lowest BCUT2D eigenvalue weighted by Crippen LogP contribution is -2.49. The number of hydrogen-bond donors (Lipinski definition) is 0. The summed E-state index contributed by atoms with van der Waals surface area (Å²) in [6, 6.07) is 4.06. The Balaban J connectivity index is 2.81. The zero-order chi connectivity index (χ0) is 14.5. The Morgan fingerprint density at radius 3 is 2.47 bits per heavy atom. The van der Waals surface area contributed by atoms with Gasteiger partial charge in [-0.15, -0.1) is 0 Å². The van der Waals surface area contributed by atoms with Gasteiger partial charge in [-0.05, 0) is 39.5 Å². The van der Waals surface area contributed by atoms with Crippen LogP contribution in [0, 0.1) is 28.6 Å². The summed E-state index contributed by atoms with van der Waals surface area (Å²) in [5, 5.41) is 17.8. The van der Waals surface area contributed by atoms with Gasteiger partial charge in [0.15, 0.2) is 0 Å². The Kier molecular flexibility index (Phi) is 5.18. The van der Waals surface area contributed by atoms with Gasteiger partial charge in [0.1, 0.15) is 5.60 Å². The van der Waals surface area contributed by atoms with Crippen LogP contribution in [0.4, 0.5) is 4.79 Å². The van der Waals surface area contributed by atoms with Crippen LogP contribution in [-0.2, 0) is 4.74 Å². The zero-order valence-electron chi connectivity index (χ0n) is 11.8. The predicted molar refractivity (Wildman–Crippen MR) is 69.9 cm³/mol. The molecule has 19 heavy (non-hydrogen) atoms. The normalized spacial score (nSPS) is 23.3. The van der Waals surface area contributed by atoms with E-state index in [0.717, 1.165) is 12.8 Å². The van der Waals surface area contributed by atoms with E-state index in [4.69, 9.17) is 15.3 Å². The second-order valence-electron chi connectivity index (χ2n) is 5.87. The van der Waals surface area contributed by atoms with Crippen molar-refractivity contribution in [2.75, 3.05) is 6.54 Å². The molecule has 0 radical (unpaired) electrons. The quantitative estimate of drug-likeness (QED) is 0.767. The molecular weight excluding hydrogens is 242 g/mol. The summed E-state index contributed by atoms with van der Waals surface area (Å²) in [6.45, 7) is 6.06. The number of hydrogen-bond acceptors (Lipinski definition) is 4. The van der Waals surface area contributed by atoms with Crippen molar-refractivity contribution in [3.63, 3.8) is 0 Å². The van der Waals surface area contributed by atoms with Crippen molar-refractivity contribution >= 4 is 6.09 Å². The van der Waals surface area contributed by atoms with E-state index in [0.29, 0.717) is 13.0 Å². The average Bonchev–Trinajstić information content (AvgIpc) is 2.29. The van der Waals surface area contributed by atoms with Crippen molar-refractivity contribution in [2.24, 2.45) is 5.92 Å². The van der Waals surface area contributed by atoms with Gasteiger partial charge in [0, 0.05) is 13.0 Å². The lowest BCUT2D eigenvalue weighted by atomic mass is 9.85. The van der Waals surface area contributed by atoms with Gasteiger partial charge in [0.05, 0.1) is 24.6 Å². The van der Waals surface area contributed by atoms with Crippen LogP contribution in [0.2, 0.25) is 0 Å². The number of carbonyl (C=O) groups excluding carboxylic acids is 1. The molecule has 1 saturated heterocycles. The highest BCUT2D eigenvalue weighted by Crippen LogP contribution is 2.29. The molecule has 1 aliphatic heterocycles. The molecule has 0 bridgehead atoms. The molecule has 1 rings (SSSR count). The molecule has 2 atom stereocenters. The van der Waals surface area contributed by atoms with Crippen molar-refractivity contribution in [1.82, 2.24) is 4.90 Å². The maximum absolute atomic E-state index is 12.2. The Morgan fingerprint density at radius 2 is 1.95 bits per heavy atom. The highest BCUT2D eigenvalue weighted by molar-refractivity contribution is 5.68. The first-order valence-corrected chi connectivity index (χ1v) is 6.62. The largest absolute Gasteiger partial charge is 0.444 e. The third-order valence-electron chi connectivity index (χ3n) is 3.20. The molecule has 5 heteroatoms. The molecular formula is C14H21N3O2. The Labute approximate surface area is 114 Å². The maximum atomic E-state index is 12.2. The smallest absolute Gasteiger partial charge is 0.410 e. The average molecular weight is 263 g/mol. The monoisotopic (exact) mass is 263 g/mol. The van der Waals surface area contributed by atoms with E-state index in [2.05, 4.69) is 12.1 Å². The van der Waals surface area contributed by atoms with Gasteiger partial charge in [-0.25, -0.2) is 4.79 Å². The Bertz CT molecular complexity index is 400. The molecule has 0 aromatic carbocycles. The van der Waals surface area contributed by atoms with Crippen LogP contribution < -0.4 is 0 Å². The fourth-order valence-corrected chi connectivity index (χ4v) is 2.41. The van der Waals surface area contributed by atoms with Gasteiger partial charge in [-0.3, -0.25) is 0 Å². The first-order chi connectivity index (χ1) is 8.89. The van der Waals surface area contributed by atoms with Crippen LogP contribution in [0.25, 0.3) is 0 Å². The molecule has 2 unspecified atom stereocenters. The van der Waals surface area contributed by atoms with E-state index in [-0.39, 0.29) is 24.5 Å². The number of piperidine rings is 1. The summed E-state index contributed by atoms with van der Waals surface area (Å²) in [7, 11) is 0. The number of amides is 1. The van der Waals surface area contributed by atoms with Crippen molar-refractivity contribution < 1.29 is 9.53 Å². The summed E-state index contributed by atoms with van der Waals surface area (Å²) in [5.74, 6) is 0.0749. The van der Waals surface area contributed by atoms with Crippen LogP contribution >= 0.6 is 0 Å². The van der Waals surface area contributed by atoms with Crippen LogP contribution in [0.15, 0.2) is 0 Å². The highest BCUT2D eigenvalue weighted by Gasteiger charge is 2.36. The van der Waals surface area contributed by atoms with Crippen LogP contribution in [0.1, 0.15) is 46.5 Å². The summed E-state index contributed by atoms with van der Waals surface area (Å²) in [6.07, 6.45) is 2.00. The minimum absolute atomic E-state index is 0.0749. The Hall–Kier alpha value is -1.75. The van der Waals surface area contributed by atoms with Gasteiger partial charge in [0.2, 0.25) is 0 Å². The van der Waals surface area contributed by atoms with Gasteiger partial charge < -0.3 is 9.64 Å². The molecule has 1 aliphatic rings. The molecule has 1 heterocycles.